The van der Waals surface area contributed by atoms with Gasteiger partial charge >= 0.3 is 0 Å². The lowest BCUT2D eigenvalue weighted by Crippen LogP contribution is -2.45. The Hall–Kier alpha value is -2.05. The first kappa shape index (κ1) is 17.8. The molecule has 0 unspecified atom stereocenters. The lowest BCUT2D eigenvalue weighted by molar-refractivity contribution is 0.121. The molecule has 1 saturated heterocycles. The smallest absolute Gasteiger partial charge is 0.165 e. The zero-order valence-electron chi connectivity index (χ0n) is 14.1. The minimum atomic E-state index is -0.420. The molecule has 134 valence electrons. The normalized spacial score (nSPS) is 16.2. The largest absolute Gasteiger partial charge is 0.494 e. The van der Waals surface area contributed by atoms with Crippen LogP contribution < -0.4 is 4.74 Å². The summed E-state index contributed by atoms with van der Waals surface area (Å²) in [7, 11) is 1.44. The summed E-state index contributed by atoms with van der Waals surface area (Å²) < 4.78 is 45.7. The minimum Gasteiger partial charge on any atom is -0.494 e. The van der Waals surface area contributed by atoms with Crippen LogP contribution >= 0.6 is 0 Å². The minimum absolute atomic E-state index is 0.241. The van der Waals surface area contributed by atoms with Crippen LogP contribution in [0.1, 0.15) is 11.1 Å². The summed E-state index contributed by atoms with van der Waals surface area (Å²) in [6.45, 7) is 4.16. The Kier molecular flexibility index (Phi) is 5.60. The Morgan fingerprint density at radius 1 is 0.840 bits per heavy atom. The molecular formula is C19H21F3N2O. The SMILES string of the molecule is COc1ccc(CN2CCN(Cc3cc(F)ccc3F)CC2)cc1F. The molecule has 2 aromatic rings. The maximum Gasteiger partial charge on any atom is 0.165 e. The summed E-state index contributed by atoms with van der Waals surface area (Å²) in [6, 6.07) is 8.53. The molecule has 3 nitrogen and oxygen atoms in total. The van der Waals surface area contributed by atoms with Crippen LogP contribution in [0.25, 0.3) is 0 Å². The molecule has 0 aromatic heterocycles. The van der Waals surface area contributed by atoms with Crippen LogP contribution in [0.15, 0.2) is 36.4 Å². The van der Waals surface area contributed by atoms with Gasteiger partial charge in [-0.25, -0.2) is 13.2 Å². The highest BCUT2D eigenvalue weighted by Gasteiger charge is 2.19. The molecule has 0 aliphatic carbocycles. The van der Waals surface area contributed by atoms with Gasteiger partial charge in [0.2, 0.25) is 0 Å². The molecule has 0 bridgehead atoms. The molecule has 6 heteroatoms. The van der Waals surface area contributed by atoms with Gasteiger partial charge in [0.05, 0.1) is 7.11 Å². The first-order chi connectivity index (χ1) is 12.0. The molecule has 0 saturated carbocycles. The van der Waals surface area contributed by atoms with Crippen molar-refractivity contribution < 1.29 is 17.9 Å². The van der Waals surface area contributed by atoms with Gasteiger partial charge in [-0.2, -0.15) is 0 Å². The summed E-state index contributed by atoms with van der Waals surface area (Å²) in [5.74, 6) is -0.917. The Morgan fingerprint density at radius 3 is 2.16 bits per heavy atom. The van der Waals surface area contributed by atoms with E-state index in [-0.39, 0.29) is 17.4 Å². The highest BCUT2D eigenvalue weighted by molar-refractivity contribution is 5.29. The summed E-state index contributed by atoms with van der Waals surface area (Å²) in [6.07, 6.45) is 0. The first-order valence-corrected chi connectivity index (χ1v) is 8.26. The molecule has 1 fully saturated rings. The van der Waals surface area contributed by atoms with Crippen molar-refractivity contribution in [3.05, 3.63) is 65.0 Å². The van der Waals surface area contributed by atoms with Gasteiger partial charge in [-0.1, -0.05) is 6.07 Å². The summed E-state index contributed by atoms with van der Waals surface area (Å²) >= 11 is 0. The molecule has 1 aliphatic heterocycles. The molecule has 0 N–H and O–H groups in total. The Morgan fingerprint density at radius 2 is 1.52 bits per heavy atom. The topological polar surface area (TPSA) is 15.7 Å². The van der Waals surface area contributed by atoms with Gasteiger partial charge in [-0.05, 0) is 35.9 Å². The van der Waals surface area contributed by atoms with Crippen LogP contribution in [-0.2, 0) is 13.1 Å². The van der Waals surface area contributed by atoms with Crippen LogP contribution in [0, 0.1) is 17.5 Å². The Bertz CT molecular complexity index is 731. The average molecular weight is 350 g/mol. The van der Waals surface area contributed by atoms with E-state index in [1.54, 1.807) is 6.07 Å². The number of benzene rings is 2. The fourth-order valence-corrected chi connectivity index (χ4v) is 3.08. The third kappa shape index (κ3) is 4.52. The molecule has 0 spiro atoms. The number of nitrogens with zero attached hydrogens (tertiary/aromatic N) is 2. The molecule has 0 radical (unpaired) electrons. The van der Waals surface area contributed by atoms with Gasteiger partial charge in [0.25, 0.3) is 0 Å². The van der Waals surface area contributed by atoms with Crippen LogP contribution in [0.4, 0.5) is 13.2 Å². The zero-order valence-corrected chi connectivity index (χ0v) is 14.1. The zero-order chi connectivity index (χ0) is 17.8. The van der Waals surface area contributed by atoms with Crippen molar-refractivity contribution in [1.29, 1.82) is 0 Å². The maximum absolute atomic E-state index is 13.8. The van der Waals surface area contributed by atoms with Gasteiger partial charge in [0, 0.05) is 44.8 Å². The van der Waals surface area contributed by atoms with E-state index < -0.39 is 5.82 Å². The lowest BCUT2D eigenvalue weighted by atomic mass is 10.1. The molecule has 0 amide bonds. The van der Waals surface area contributed by atoms with E-state index in [9.17, 15) is 13.2 Å². The second-order valence-corrected chi connectivity index (χ2v) is 6.26. The van der Waals surface area contributed by atoms with Crippen molar-refractivity contribution in [1.82, 2.24) is 9.80 Å². The molecule has 1 aliphatic rings. The summed E-state index contributed by atoms with van der Waals surface area (Å²) in [4.78, 5) is 4.32. The third-order valence-corrected chi connectivity index (χ3v) is 4.49. The molecule has 25 heavy (non-hydrogen) atoms. The van der Waals surface area contributed by atoms with Crippen molar-refractivity contribution in [3.63, 3.8) is 0 Å². The standard InChI is InChI=1S/C19H21F3N2O/c1-25-19-5-2-14(10-18(19)22)12-23-6-8-24(9-7-23)13-15-11-16(20)3-4-17(15)21/h2-5,10-11H,6-9,12-13H2,1H3. The van der Waals surface area contributed by atoms with E-state index in [0.29, 0.717) is 18.7 Å². The number of ether oxygens (including phenoxy) is 1. The van der Waals surface area contributed by atoms with Crippen LogP contribution in [0.5, 0.6) is 5.75 Å². The Balaban J connectivity index is 1.53. The van der Waals surface area contributed by atoms with Gasteiger partial charge in [0.1, 0.15) is 11.6 Å². The molecular weight excluding hydrogens is 329 g/mol. The highest BCUT2D eigenvalue weighted by atomic mass is 19.1. The predicted molar refractivity (Wildman–Crippen MR) is 89.9 cm³/mol. The average Bonchev–Trinajstić information content (AvgIpc) is 2.60. The lowest BCUT2D eigenvalue weighted by Gasteiger charge is -2.34. The first-order valence-electron chi connectivity index (χ1n) is 8.26. The highest BCUT2D eigenvalue weighted by Crippen LogP contribution is 2.20. The van der Waals surface area contributed by atoms with Crippen LogP contribution in [-0.4, -0.2) is 43.1 Å². The van der Waals surface area contributed by atoms with Crippen molar-refractivity contribution in [2.45, 2.75) is 13.1 Å². The van der Waals surface area contributed by atoms with Crippen molar-refractivity contribution in [3.8, 4) is 5.75 Å². The van der Waals surface area contributed by atoms with Crippen molar-refractivity contribution in [2.75, 3.05) is 33.3 Å². The summed E-state index contributed by atoms with van der Waals surface area (Å²) in [5.41, 5.74) is 1.27. The van der Waals surface area contributed by atoms with Crippen LogP contribution in [0.3, 0.4) is 0 Å². The van der Waals surface area contributed by atoms with Crippen molar-refractivity contribution >= 4 is 0 Å². The second-order valence-electron chi connectivity index (χ2n) is 6.26. The van der Waals surface area contributed by atoms with E-state index in [2.05, 4.69) is 9.80 Å². The number of hydrogen-bond acceptors (Lipinski definition) is 3. The van der Waals surface area contributed by atoms with Gasteiger partial charge in [0.15, 0.2) is 11.6 Å². The molecule has 0 atom stereocenters. The van der Waals surface area contributed by atoms with E-state index in [0.717, 1.165) is 37.8 Å². The molecule has 2 aromatic carbocycles. The number of halogens is 3. The number of hydrogen-bond donors (Lipinski definition) is 0. The Labute approximate surface area is 145 Å². The predicted octanol–water partition coefficient (Wildman–Crippen LogP) is 3.43. The van der Waals surface area contributed by atoms with Gasteiger partial charge in [-0.3, -0.25) is 9.80 Å². The third-order valence-electron chi connectivity index (χ3n) is 4.49. The van der Waals surface area contributed by atoms with Crippen LogP contribution in [0.2, 0.25) is 0 Å². The van der Waals surface area contributed by atoms with Gasteiger partial charge in [-0.15, -0.1) is 0 Å². The second kappa shape index (κ2) is 7.89. The van der Waals surface area contributed by atoms with E-state index in [1.807, 2.05) is 6.07 Å². The quantitative estimate of drug-likeness (QED) is 0.822. The number of piperazine rings is 1. The number of rotatable bonds is 5. The van der Waals surface area contributed by atoms with E-state index in [4.69, 9.17) is 4.74 Å². The van der Waals surface area contributed by atoms with E-state index >= 15 is 0 Å². The molecule has 3 rings (SSSR count). The fourth-order valence-electron chi connectivity index (χ4n) is 3.08. The summed E-state index contributed by atoms with van der Waals surface area (Å²) in [5, 5.41) is 0. The molecule has 1 heterocycles. The monoisotopic (exact) mass is 350 g/mol. The maximum atomic E-state index is 13.8. The van der Waals surface area contributed by atoms with E-state index in [1.165, 1.54) is 25.3 Å². The number of methoxy groups -OCH3 is 1. The fraction of sp³-hybridized carbons (Fsp3) is 0.368. The van der Waals surface area contributed by atoms with Crippen molar-refractivity contribution in [2.24, 2.45) is 0 Å². The van der Waals surface area contributed by atoms with Gasteiger partial charge < -0.3 is 4.74 Å².